The van der Waals surface area contributed by atoms with Gasteiger partial charge in [-0.25, -0.2) is 4.98 Å². The Hall–Kier alpha value is -1.81. The van der Waals surface area contributed by atoms with Gasteiger partial charge in [-0.1, -0.05) is 11.6 Å². The molecule has 0 atom stereocenters. The third-order valence-corrected chi connectivity index (χ3v) is 2.70. The molecule has 2 rings (SSSR count). The first-order chi connectivity index (χ1) is 8.08. The number of hydrogen-bond donors (Lipinski definition) is 1. The highest BCUT2D eigenvalue weighted by atomic mass is 35.5. The van der Waals surface area contributed by atoms with Gasteiger partial charge in [-0.15, -0.1) is 0 Å². The number of carbonyl (C=O) groups excluding carboxylic acids is 1. The number of anilines is 1. The molecule has 1 amide bonds. The van der Waals surface area contributed by atoms with Crippen LogP contribution in [0.1, 0.15) is 16.2 Å². The molecule has 0 radical (unpaired) electrons. The van der Waals surface area contributed by atoms with Gasteiger partial charge in [-0.05, 0) is 30.7 Å². The zero-order valence-electron chi connectivity index (χ0n) is 9.57. The van der Waals surface area contributed by atoms with E-state index < -0.39 is 0 Å². The number of halogens is 1. The first-order valence-electron chi connectivity index (χ1n) is 5.13. The Morgan fingerprint density at radius 3 is 2.82 bits per heavy atom. The molecule has 0 aliphatic rings. The highest BCUT2D eigenvalue weighted by Crippen LogP contribution is 2.19. The van der Waals surface area contributed by atoms with E-state index >= 15 is 0 Å². The van der Waals surface area contributed by atoms with Gasteiger partial charge in [0.1, 0.15) is 0 Å². The van der Waals surface area contributed by atoms with E-state index in [2.05, 4.69) is 10.3 Å². The zero-order valence-corrected chi connectivity index (χ0v) is 10.3. The van der Waals surface area contributed by atoms with Gasteiger partial charge < -0.3 is 9.88 Å². The summed E-state index contributed by atoms with van der Waals surface area (Å²) in [5, 5.41) is 3.45. The standard InChI is InChI=1S/C12H12ClN3O/c1-8-7-9(13)3-4-10(8)15-12(17)11-14-5-6-16(11)2/h3-7H,1-2H3,(H,15,17). The van der Waals surface area contributed by atoms with Crippen molar-refractivity contribution in [2.75, 3.05) is 5.32 Å². The second-order valence-corrected chi connectivity index (χ2v) is 4.21. The molecule has 88 valence electrons. The summed E-state index contributed by atoms with van der Waals surface area (Å²) in [6.07, 6.45) is 3.31. The second kappa shape index (κ2) is 4.59. The minimum absolute atomic E-state index is 0.233. The van der Waals surface area contributed by atoms with Gasteiger partial charge in [0.25, 0.3) is 5.91 Å². The molecule has 4 nitrogen and oxygen atoms in total. The molecule has 0 saturated carbocycles. The molecule has 1 N–H and O–H groups in total. The lowest BCUT2D eigenvalue weighted by atomic mass is 10.2. The Kier molecular flexibility index (Phi) is 3.15. The van der Waals surface area contributed by atoms with Crippen LogP contribution in [0.2, 0.25) is 5.02 Å². The van der Waals surface area contributed by atoms with Crippen molar-refractivity contribution in [3.8, 4) is 0 Å². The van der Waals surface area contributed by atoms with Crippen LogP contribution < -0.4 is 5.32 Å². The largest absolute Gasteiger partial charge is 0.330 e. The molecule has 0 aliphatic carbocycles. The van der Waals surface area contributed by atoms with Crippen LogP contribution in [-0.2, 0) is 7.05 Å². The molecule has 1 aromatic carbocycles. The molecule has 1 aromatic heterocycles. The first kappa shape index (κ1) is 11.7. The fraction of sp³-hybridized carbons (Fsp3) is 0.167. The van der Waals surface area contributed by atoms with E-state index in [-0.39, 0.29) is 5.91 Å². The predicted molar refractivity (Wildman–Crippen MR) is 67.4 cm³/mol. The molecule has 0 unspecified atom stereocenters. The quantitative estimate of drug-likeness (QED) is 0.889. The lowest BCUT2D eigenvalue weighted by Gasteiger charge is -2.08. The molecule has 0 saturated heterocycles. The summed E-state index contributed by atoms with van der Waals surface area (Å²) in [5.74, 6) is 0.141. The van der Waals surface area contributed by atoms with E-state index in [4.69, 9.17) is 11.6 Å². The van der Waals surface area contributed by atoms with Crippen molar-refractivity contribution in [3.05, 3.63) is 47.0 Å². The lowest BCUT2D eigenvalue weighted by molar-refractivity contribution is 0.101. The van der Waals surface area contributed by atoms with E-state index in [9.17, 15) is 4.79 Å². The molecule has 0 aliphatic heterocycles. The normalized spacial score (nSPS) is 10.3. The van der Waals surface area contributed by atoms with Gasteiger partial charge in [-0.3, -0.25) is 4.79 Å². The minimum atomic E-state index is -0.233. The Labute approximate surface area is 104 Å². The number of amides is 1. The average molecular weight is 250 g/mol. The van der Waals surface area contributed by atoms with Gasteiger partial charge >= 0.3 is 0 Å². The smallest absolute Gasteiger partial charge is 0.291 e. The summed E-state index contributed by atoms with van der Waals surface area (Å²) in [5.41, 5.74) is 1.66. The Morgan fingerprint density at radius 2 is 2.24 bits per heavy atom. The Morgan fingerprint density at radius 1 is 1.47 bits per heavy atom. The summed E-state index contributed by atoms with van der Waals surface area (Å²) in [6, 6.07) is 5.32. The monoisotopic (exact) mass is 249 g/mol. The number of carbonyl (C=O) groups is 1. The maximum atomic E-state index is 11.9. The van der Waals surface area contributed by atoms with Crippen LogP contribution in [0.3, 0.4) is 0 Å². The number of nitrogens with zero attached hydrogens (tertiary/aromatic N) is 2. The van der Waals surface area contributed by atoms with Gasteiger partial charge in [0, 0.05) is 30.2 Å². The molecule has 0 spiro atoms. The van der Waals surface area contributed by atoms with E-state index in [1.54, 1.807) is 42.2 Å². The van der Waals surface area contributed by atoms with Crippen molar-refractivity contribution < 1.29 is 4.79 Å². The molecule has 17 heavy (non-hydrogen) atoms. The Bertz CT molecular complexity index is 563. The third-order valence-electron chi connectivity index (χ3n) is 2.46. The number of aromatic nitrogens is 2. The number of nitrogens with one attached hydrogen (secondary N) is 1. The minimum Gasteiger partial charge on any atom is -0.330 e. The molecular weight excluding hydrogens is 238 g/mol. The summed E-state index contributed by atoms with van der Waals surface area (Å²) in [6.45, 7) is 1.89. The fourth-order valence-corrected chi connectivity index (χ4v) is 1.76. The third kappa shape index (κ3) is 2.47. The number of aryl methyl sites for hydroxylation is 2. The molecule has 0 fully saturated rings. The van der Waals surface area contributed by atoms with E-state index in [0.717, 1.165) is 11.3 Å². The van der Waals surface area contributed by atoms with Crippen LogP contribution in [0, 0.1) is 6.92 Å². The molecule has 2 aromatic rings. The summed E-state index contributed by atoms with van der Waals surface area (Å²) < 4.78 is 1.67. The first-order valence-corrected chi connectivity index (χ1v) is 5.50. The van der Waals surface area contributed by atoms with Crippen LogP contribution in [-0.4, -0.2) is 15.5 Å². The lowest BCUT2D eigenvalue weighted by Crippen LogP contribution is -2.17. The van der Waals surface area contributed by atoms with Crippen molar-refractivity contribution in [2.24, 2.45) is 7.05 Å². The van der Waals surface area contributed by atoms with Crippen LogP contribution in [0.5, 0.6) is 0 Å². The number of hydrogen-bond acceptors (Lipinski definition) is 2. The van der Waals surface area contributed by atoms with Crippen LogP contribution in [0.4, 0.5) is 5.69 Å². The number of imidazole rings is 1. The van der Waals surface area contributed by atoms with Gasteiger partial charge in [0.05, 0.1) is 0 Å². The topological polar surface area (TPSA) is 46.9 Å². The van der Waals surface area contributed by atoms with E-state index in [0.29, 0.717) is 10.8 Å². The predicted octanol–water partition coefficient (Wildman–Crippen LogP) is 2.63. The van der Waals surface area contributed by atoms with Gasteiger partial charge in [0.2, 0.25) is 0 Å². The van der Waals surface area contributed by atoms with Crippen molar-refractivity contribution >= 4 is 23.2 Å². The maximum Gasteiger partial charge on any atom is 0.291 e. The van der Waals surface area contributed by atoms with E-state index in [1.165, 1.54) is 0 Å². The van der Waals surface area contributed by atoms with Crippen molar-refractivity contribution in [1.29, 1.82) is 0 Å². The highest BCUT2D eigenvalue weighted by Gasteiger charge is 2.11. The number of benzene rings is 1. The number of rotatable bonds is 2. The maximum absolute atomic E-state index is 11.9. The van der Waals surface area contributed by atoms with Crippen LogP contribution in [0.25, 0.3) is 0 Å². The van der Waals surface area contributed by atoms with Crippen molar-refractivity contribution in [2.45, 2.75) is 6.92 Å². The zero-order chi connectivity index (χ0) is 12.4. The van der Waals surface area contributed by atoms with Crippen molar-refractivity contribution in [1.82, 2.24) is 9.55 Å². The molecule has 1 heterocycles. The van der Waals surface area contributed by atoms with Crippen LogP contribution in [0.15, 0.2) is 30.6 Å². The molecule has 0 bridgehead atoms. The highest BCUT2D eigenvalue weighted by molar-refractivity contribution is 6.30. The second-order valence-electron chi connectivity index (χ2n) is 3.78. The van der Waals surface area contributed by atoms with Gasteiger partial charge in [0.15, 0.2) is 5.82 Å². The molecular formula is C12H12ClN3O. The Balaban J connectivity index is 2.22. The summed E-state index contributed by atoms with van der Waals surface area (Å²) in [4.78, 5) is 15.9. The van der Waals surface area contributed by atoms with Crippen LogP contribution >= 0.6 is 11.6 Å². The van der Waals surface area contributed by atoms with Crippen molar-refractivity contribution in [3.63, 3.8) is 0 Å². The molecule has 5 heteroatoms. The van der Waals surface area contributed by atoms with E-state index in [1.807, 2.05) is 6.92 Å². The SMILES string of the molecule is Cc1cc(Cl)ccc1NC(=O)c1nccn1C. The van der Waals surface area contributed by atoms with Gasteiger partial charge in [-0.2, -0.15) is 0 Å². The summed E-state index contributed by atoms with van der Waals surface area (Å²) >= 11 is 5.85. The summed E-state index contributed by atoms with van der Waals surface area (Å²) in [7, 11) is 1.77. The fourth-order valence-electron chi connectivity index (χ4n) is 1.53. The average Bonchev–Trinajstić information content (AvgIpc) is 2.68.